The van der Waals surface area contributed by atoms with Gasteiger partial charge in [0, 0.05) is 12.8 Å². The predicted molar refractivity (Wildman–Crippen MR) is 323 cm³/mol. The molecule has 0 saturated carbocycles. The van der Waals surface area contributed by atoms with Crippen LogP contribution in [0.2, 0.25) is 0 Å². The van der Waals surface area contributed by atoms with Crippen molar-refractivity contribution in [1.82, 2.24) is 5.32 Å². The summed E-state index contributed by atoms with van der Waals surface area (Å²) >= 11 is 0. The van der Waals surface area contributed by atoms with Crippen LogP contribution in [0.15, 0.2) is 97.2 Å². The number of unbranched alkanes of at least 4 members (excludes halogenated alkanes) is 24. The summed E-state index contributed by atoms with van der Waals surface area (Å²) in [5.41, 5.74) is 0. The summed E-state index contributed by atoms with van der Waals surface area (Å²) in [6, 6.07) is -0.874. The van der Waals surface area contributed by atoms with Gasteiger partial charge in [-0.2, -0.15) is 0 Å². The molecule has 0 bridgehead atoms. The van der Waals surface area contributed by atoms with Crippen LogP contribution in [0.4, 0.5) is 0 Å². The number of nitrogens with one attached hydrogen (secondary N) is 1. The molecule has 75 heavy (non-hydrogen) atoms. The fourth-order valence-electron chi connectivity index (χ4n) is 8.22. The van der Waals surface area contributed by atoms with Gasteiger partial charge in [0.1, 0.15) is 19.3 Å². The van der Waals surface area contributed by atoms with E-state index in [1.807, 2.05) is 33.3 Å². The zero-order valence-corrected chi connectivity index (χ0v) is 50.2. The maximum atomic E-state index is 13.5. The van der Waals surface area contributed by atoms with Gasteiger partial charge in [0.25, 0.3) is 0 Å². The van der Waals surface area contributed by atoms with Crippen LogP contribution in [0.3, 0.4) is 0 Å². The summed E-state index contributed by atoms with van der Waals surface area (Å²) in [6.07, 6.45) is 72.6. The van der Waals surface area contributed by atoms with Gasteiger partial charge >= 0.3 is 13.8 Å². The molecule has 1 amide bonds. The zero-order valence-electron chi connectivity index (χ0n) is 49.3. The van der Waals surface area contributed by atoms with E-state index in [2.05, 4.69) is 111 Å². The van der Waals surface area contributed by atoms with Gasteiger partial charge in [-0.15, -0.1) is 0 Å². The molecule has 0 heterocycles. The number of likely N-dealkylation sites (N-methyl/N-ethyl adjacent to an activating group) is 1. The topological polar surface area (TPSA) is 111 Å². The van der Waals surface area contributed by atoms with Gasteiger partial charge in [0.2, 0.25) is 5.91 Å². The van der Waals surface area contributed by atoms with E-state index in [-0.39, 0.29) is 31.5 Å². The van der Waals surface area contributed by atoms with Gasteiger partial charge in [-0.25, -0.2) is 4.57 Å². The molecule has 0 aliphatic carbocycles. The van der Waals surface area contributed by atoms with Crippen LogP contribution in [0.1, 0.15) is 252 Å². The van der Waals surface area contributed by atoms with Gasteiger partial charge in [-0.05, 0) is 115 Å². The lowest BCUT2D eigenvalue weighted by Crippen LogP contribution is -2.47. The summed E-state index contributed by atoms with van der Waals surface area (Å²) < 4.78 is 30.6. The van der Waals surface area contributed by atoms with Crippen molar-refractivity contribution in [3.8, 4) is 0 Å². The van der Waals surface area contributed by atoms with Crippen molar-refractivity contribution in [3.63, 3.8) is 0 Å². The number of quaternary nitrogens is 1. The van der Waals surface area contributed by atoms with E-state index in [0.29, 0.717) is 23.9 Å². The van der Waals surface area contributed by atoms with Crippen LogP contribution in [0.25, 0.3) is 0 Å². The molecule has 3 atom stereocenters. The molecule has 0 rings (SSSR count). The molecule has 0 aromatic rings. The number of hydrogen-bond donors (Lipinski definition) is 2. The third kappa shape index (κ3) is 55.5. The van der Waals surface area contributed by atoms with Gasteiger partial charge < -0.3 is 19.4 Å². The summed E-state index contributed by atoms with van der Waals surface area (Å²) in [7, 11) is 1.46. The molecule has 3 unspecified atom stereocenters. The lowest BCUT2D eigenvalue weighted by atomic mass is 10.1. The summed E-state index contributed by atoms with van der Waals surface area (Å²) in [6.45, 7) is 6.91. The highest BCUT2D eigenvalue weighted by atomic mass is 31.2. The van der Waals surface area contributed by atoms with E-state index in [1.54, 1.807) is 0 Å². The van der Waals surface area contributed by atoms with Gasteiger partial charge in [-0.1, -0.05) is 221 Å². The third-order valence-corrected chi connectivity index (χ3v) is 14.0. The van der Waals surface area contributed by atoms with Crippen LogP contribution >= 0.6 is 7.82 Å². The lowest BCUT2D eigenvalue weighted by molar-refractivity contribution is -0.870. The molecule has 0 aliphatic rings. The van der Waals surface area contributed by atoms with Crippen molar-refractivity contribution in [3.05, 3.63) is 97.2 Å². The second-order valence-corrected chi connectivity index (χ2v) is 23.0. The first-order valence-corrected chi connectivity index (χ1v) is 32.1. The van der Waals surface area contributed by atoms with Crippen LogP contribution in [-0.2, 0) is 27.9 Å². The first-order valence-electron chi connectivity index (χ1n) is 30.6. The second kappa shape index (κ2) is 54.3. The highest BCUT2D eigenvalue weighted by Crippen LogP contribution is 2.43. The van der Waals surface area contributed by atoms with Crippen LogP contribution in [-0.4, -0.2) is 74.3 Å². The van der Waals surface area contributed by atoms with Gasteiger partial charge in [0.15, 0.2) is 0 Å². The first-order chi connectivity index (χ1) is 36.4. The Labute approximate surface area is 462 Å². The number of carbonyl (C=O) groups is 2. The molecule has 432 valence electrons. The molecule has 0 aliphatic heterocycles. The van der Waals surface area contributed by atoms with E-state index >= 15 is 0 Å². The van der Waals surface area contributed by atoms with Crippen LogP contribution in [0, 0.1) is 0 Å². The fraction of sp³-hybridized carbons (Fsp3) is 0.723. The van der Waals surface area contributed by atoms with Crippen molar-refractivity contribution >= 4 is 19.7 Å². The third-order valence-electron chi connectivity index (χ3n) is 13.0. The predicted octanol–water partition coefficient (Wildman–Crippen LogP) is 18.8. The highest BCUT2D eigenvalue weighted by Gasteiger charge is 2.30. The maximum absolute atomic E-state index is 13.5. The van der Waals surface area contributed by atoms with Crippen molar-refractivity contribution in [2.45, 2.75) is 264 Å². The fourth-order valence-corrected chi connectivity index (χ4v) is 8.96. The van der Waals surface area contributed by atoms with Crippen LogP contribution in [0.5, 0.6) is 0 Å². The van der Waals surface area contributed by atoms with Gasteiger partial charge in [0.05, 0.1) is 33.8 Å². The SMILES string of the molecule is CCCCC/C=C\C/C=C\C/C=C\C/C=C\CCCCCC(=O)OC(/C=C/CCCCCCCCCCC)C(COP(=O)(O)OCC[N+](C)(C)C)NC(=O)CCCCCCCC/C=C\C/C=C\C/C=C\CCCCC. The summed E-state index contributed by atoms with van der Waals surface area (Å²) in [4.78, 5) is 37.7. The monoisotopic (exact) mass is 1070 g/mol. The quantitative estimate of drug-likeness (QED) is 0.0205. The van der Waals surface area contributed by atoms with E-state index in [4.69, 9.17) is 13.8 Å². The van der Waals surface area contributed by atoms with Crippen LogP contribution < -0.4 is 5.32 Å². The van der Waals surface area contributed by atoms with Crippen molar-refractivity contribution < 1.29 is 37.3 Å². The summed E-state index contributed by atoms with van der Waals surface area (Å²) in [5, 5.41) is 3.04. The van der Waals surface area contributed by atoms with E-state index in [1.165, 1.54) is 96.3 Å². The number of esters is 1. The molecule has 0 radical (unpaired) electrons. The standard InChI is InChI=1S/C65H115N2O7P/c1-7-10-13-16-19-22-25-27-29-31-33-35-37-39-42-45-48-51-54-57-64(68)66-62(61-73-75(70,71)72-60-59-67(4,5)6)63(56-53-50-47-44-41-24-21-18-15-12-9-3)74-65(69)58-55-52-49-46-43-40-38-36-34-32-30-28-26-23-20-17-14-11-8-2/h19-20,22-23,27-30,33-36,40,43,53,56,62-63H,7-18,21,24-26,31-32,37-39,41-42,44-52,54-55,57-61H2,1-6H3,(H-,66,68,70,71)/p+1/b22-19-,23-20-,29-27-,30-28-,35-33-,36-34-,43-40-,56-53+. The molecule has 0 aromatic heterocycles. The molecule has 9 nitrogen and oxygen atoms in total. The Morgan fingerprint density at radius 1 is 0.467 bits per heavy atom. The van der Waals surface area contributed by atoms with Crippen molar-refractivity contribution in [2.24, 2.45) is 0 Å². The second-order valence-electron chi connectivity index (χ2n) is 21.5. The zero-order chi connectivity index (χ0) is 55.0. The molecule has 0 saturated heterocycles. The minimum Gasteiger partial charge on any atom is -0.456 e. The number of nitrogens with zero attached hydrogens (tertiary/aromatic N) is 1. The smallest absolute Gasteiger partial charge is 0.456 e. The average molecular weight is 1070 g/mol. The lowest BCUT2D eigenvalue weighted by Gasteiger charge is -2.27. The number of rotatable bonds is 54. The molecular formula is C65H116N2O7P+. The largest absolute Gasteiger partial charge is 0.472 e. The minimum absolute atomic E-state index is 0.0274. The van der Waals surface area contributed by atoms with Crippen molar-refractivity contribution in [2.75, 3.05) is 40.9 Å². The van der Waals surface area contributed by atoms with Crippen molar-refractivity contribution in [1.29, 1.82) is 0 Å². The number of carbonyl (C=O) groups excluding carboxylic acids is 2. The average Bonchev–Trinajstić information content (AvgIpc) is 3.37. The molecule has 0 spiro atoms. The number of amides is 1. The number of phosphoric acid groups is 1. The summed E-state index contributed by atoms with van der Waals surface area (Å²) in [5.74, 6) is -0.561. The molecular weight excluding hydrogens is 952 g/mol. The molecule has 0 fully saturated rings. The van der Waals surface area contributed by atoms with E-state index in [9.17, 15) is 19.0 Å². The number of ether oxygens (including phenoxy) is 1. The maximum Gasteiger partial charge on any atom is 0.472 e. The molecule has 0 aromatic carbocycles. The Balaban J connectivity index is 5.34. The Morgan fingerprint density at radius 3 is 1.25 bits per heavy atom. The highest BCUT2D eigenvalue weighted by molar-refractivity contribution is 7.47. The minimum atomic E-state index is -4.46. The Kier molecular flexibility index (Phi) is 52.1. The Morgan fingerprint density at radius 2 is 0.813 bits per heavy atom. The molecule has 2 N–H and O–H groups in total. The number of hydrogen-bond acceptors (Lipinski definition) is 6. The number of phosphoric ester groups is 1. The number of allylic oxidation sites excluding steroid dienone is 15. The Bertz CT molecular complexity index is 1610. The first kappa shape index (κ1) is 71.9. The molecule has 10 heteroatoms. The van der Waals surface area contributed by atoms with Gasteiger partial charge in [-0.3, -0.25) is 18.6 Å². The van der Waals surface area contributed by atoms with E-state index < -0.39 is 20.0 Å². The Hall–Kier alpha value is -3.07. The normalized spacial score (nSPS) is 14.4. The van der Waals surface area contributed by atoms with E-state index in [0.717, 1.165) is 116 Å².